The largest absolute Gasteiger partial charge is 0.481 e. The summed E-state index contributed by atoms with van der Waals surface area (Å²) < 4.78 is 0. The van der Waals surface area contributed by atoms with E-state index in [4.69, 9.17) is 16.7 Å². The molecule has 0 radical (unpaired) electrons. The smallest absolute Gasteiger partial charge is 0.306 e. The zero-order valence-electron chi connectivity index (χ0n) is 12.8. The summed E-state index contributed by atoms with van der Waals surface area (Å²) in [5.41, 5.74) is 0.429. The lowest BCUT2D eigenvalue weighted by Gasteiger charge is -2.32. The van der Waals surface area contributed by atoms with Crippen molar-refractivity contribution in [3.63, 3.8) is 0 Å². The molecule has 1 aromatic carbocycles. The monoisotopic (exact) mass is 338 g/mol. The lowest BCUT2D eigenvalue weighted by atomic mass is 9.97. The second kappa shape index (κ2) is 7.46. The molecule has 1 saturated heterocycles. The van der Waals surface area contributed by atoms with Crippen LogP contribution in [0.1, 0.15) is 30.1 Å². The summed E-state index contributed by atoms with van der Waals surface area (Å²) in [6.07, 6.45) is 0.887. The Balaban J connectivity index is 1.89. The van der Waals surface area contributed by atoms with Gasteiger partial charge in [-0.25, -0.2) is 0 Å². The van der Waals surface area contributed by atoms with Crippen molar-refractivity contribution in [2.45, 2.75) is 25.8 Å². The highest BCUT2D eigenvalue weighted by molar-refractivity contribution is 6.30. The van der Waals surface area contributed by atoms with Crippen LogP contribution >= 0.6 is 11.6 Å². The number of carbonyl (C=O) groups is 3. The molecule has 0 saturated carbocycles. The molecule has 7 heteroatoms. The fourth-order valence-electron chi connectivity index (χ4n) is 2.56. The van der Waals surface area contributed by atoms with Crippen LogP contribution in [0.3, 0.4) is 0 Å². The molecule has 1 aromatic rings. The summed E-state index contributed by atoms with van der Waals surface area (Å²) in [6, 6.07) is 5.74. The lowest BCUT2D eigenvalue weighted by Crippen LogP contribution is -2.49. The number of halogens is 1. The third-order valence-corrected chi connectivity index (χ3v) is 4.23. The Morgan fingerprint density at radius 3 is 2.30 bits per heavy atom. The highest BCUT2D eigenvalue weighted by atomic mass is 35.5. The Morgan fingerprint density at radius 1 is 1.22 bits per heavy atom. The van der Waals surface area contributed by atoms with Gasteiger partial charge in [-0.2, -0.15) is 0 Å². The second-order valence-electron chi connectivity index (χ2n) is 5.64. The van der Waals surface area contributed by atoms with Gasteiger partial charge in [-0.15, -0.1) is 0 Å². The molecule has 0 aromatic heterocycles. The Bertz CT molecular complexity index is 595. The van der Waals surface area contributed by atoms with Gasteiger partial charge in [-0.1, -0.05) is 11.6 Å². The summed E-state index contributed by atoms with van der Waals surface area (Å²) in [5, 5.41) is 12.2. The van der Waals surface area contributed by atoms with Crippen molar-refractivity contribution >= 4 is 29.4 Å². The zero-order chi connectivity index (χ0) is 17.0. The van der Waals surface area contributed by atoms with Gasteiger partial charge in [0, 0.05) is 23.7 Å². The van der Waals surface area contributed by atoms with Crippen LogP contribution in [0.2, 0.25) is 5.02 Å². The number of aliphatic carboxylic acids is 1. The molecule has 23 heavy (non-hydrogen) atoms. The molecule has 1 aliphatic rings. The van der Waals surface area contributed by atoms with Crippen LogP contribution in [-0.4, -0.2) is 46.9 Å². The van der Waals surface area contributed by atoms with Crippen LogP contribution in [0.25, 0.3) is 0 Å². The maximum absolute atomic E-state index is 12.3. The first kappa shape index (κ1) is 17.3. The number of amides is 2. The van der Waals surface area contributed by atoms with E-state index in [0.29, 0.717) is 36.5 Å². The lowest BCUT2D eigenvalue weighted by molar-refractivity contribution is -0.146. The molecule has 2 amide bonds. The van der Waals surface area contributed by atoms with E-state index in [2.05, 4.69) is 5.32 Å². The van der Waals surface area contributed by atoms with Crippen molar-refractivity contribution in [3.8, 4) is 0 Å². The highest BCUT2D eigenvalue weighted by Gasteiger charge is 2.29. The van der Waals surface area contributed by atoms with Gasteiger partial charge in [0.2, 0.25) is 5.91 Å². The molecule has 1 heterocycles. The number of piperidine rings is 1. The molecule has 0 spiro atoms. The molecule has 2 N–H and O–H groups in total. The third-order valence-electron chi connectivity index (χ3n) is 3.98. The second-order valence-corrected chi connectivity index (χ2v) is 6.08. The Hall–Kier alpha value is -2.08. The molecule has 0 aliphatic carbocycles. The number of benzene rings is 1. The summed E-state index contributed by atoms with van der Waals surface area (Å²) in [7, 11) is 0. The van der Waals surface area contributed by atoms with Crippen LogP contribution in [0.4, 0.5) is 0 Å². The third kappa shape index (κ3) is 4.45. The molecule has 0 bridgehead atoms. The van der Waals surface area contributed by atoms with Gasteiger partial charge in [0.15, 0.2) is 0 Å². The van der Waals surface area contributed by atoms with Gasteiger partial charge in [0.25, 0.3) is 5.91 Å². The maximum atomic E-state index is 12.3. The van der Waals surface area contributed by atoms with Crippen LogP contribution in [0, 0.1) is 5.92 Å². The van der Waals surface area contributed by atoms with Crippen molar-refractivity contribution in [2.75, 3.05) is 13.1 Å². The molecule has 124 valence electrons. The number of carboxylic acid groups (broad SMARTS) is 1. The number of carboxylic acids is 1. The number of carbonyl (C=O) groups excluding carboxylic acids is 2. The van der Waals surface area contributed by atoms with E-state index in [0.717, 1.165) is 0 Å². The van der Waals surface area contributed by atoms with E-state index in [-0.39, 0.29) is 11.8 Å². The molecule has 2 rings (SSSR count). The van der Waals surface area contributed by atoms with E-state index in [1.807, 2.05) is 0 Å². The molecule has 1 fully saturated rings. The van der Waals surface area contributed by atoms with Crippen LogP contribution in [-0.2, 0) is 9.59 Å². The fraction of sp³-hybridized carbons (Fsp3) is 0.438. The van der Waals surface area contributed by atoms with Gasteiger partial charge in [0.05, 0.1) is 5.92 Å². The van der Waals surface area contributed by atoms with Gasteiger partial charge in [0.1, 0.15) is 6.04 Å². The van der Waals surface area contributed by atoms with Gasteiger partial charge < -0.3 is 15.3 Å². The topological polar surface area (TPSA) is 86.7 Å². The van der Waals surface area contributed by atoms with E-state index in [9.17, 15) is 14.4 Å². The first-order chi connectivity index (χ1) is 10.9. The molecule has 1 unspecified atom stereocenters. The predicted octanol–water partition coefficient (Wildman–Crippen LogP) is 1.78. The summed E-state index contributed by atoms with van der Waals surface area (Å²) >= 11 is 5.77. The number of hydrogen-bond acceptors (Lipinski definition) is 3. The molecule has 1 atom stereocenters. The Labute approximate surface area is 139 Å². The zero-order valence-corrected chi connectivity index (χ0v) is 13.5. The van der Waals surface area contributed by atoms with E-state index >= 15 is 0 Å². The number of rotatable bonds is 4. The minimum Gasteiger partial charge on any atom is -0.481 e. The fourth-order valence-corrected chi connectivity index (χ4v) is 2.69. The average molecular weight is 339 g/mol. The first-order valence-electron chi connectivity index (χ1n) is 7.46. The maximum Gasteiger partial charge on any atom is 0.306 e. The SMILES string of the molecule is CC(NC(=O)c1ccc(Cl)cc1)C(=O)N1CCC(C(=O)O)CC1. The number of nitrogens with zero attached hydrogens (tertiary/aromatic N) is 1. The standard InChI is InChI=1S/C16H19ClN2O4/c1-10(18-14(20)11-2-4-13(17)5-3-11)15(21)19-8-6-12(7-9-19)16(22)23/h2-5,10,12H,6-9H2,1H3,(H,18,20)(H,22,23). The number of nitrogens with one attached hydrogen (secondary N) is 1. The van der Waals surface area contributed by atoms with Crippen molar-refractivity contribution < 1.29 is 19.5 Å². The quantitative estimate of drug-likeness (QED) is 0.876. The van der Waals surface area contributed by atoms with E-state index in [1.54, 1.807) is 36.1 Å². The minimum atomic E-state index is -0.818. The summed E-state index contributed by atoms with van der Waals surface area (Å²) in [5.74, 6) is -1.75. The van der Waals surface area contributed by atoms with E-state index < -0.39 is 17.9 Å². The highest BCUT2D eigenvalue weighted by Crippen LogP contribution is 2.18. The predicted molar refractivity (Wildman–Crippen MR) is 85.3 cm³/mol. The molecule has 6 nitrogen and oxygen atoms in total. The molecular weight excluding hydrogens is 320 g/mol. The van der Waals surface area contributed by atoms with E-state index in [1.165, 1.54) is 0 Å². The first-order valence-corrected chi connectivity index (χ1v) is 7.84. The Morgan fingerprint density at radius 2 is 1.78 bits per heavy atom. The normalized spacial score (nSPS) is 16.7. The number of hydrogen-bond donors (Lipinski definition) is 2. The van der Waals surface area contributed by atoms with Crippen LogP contribution < -0.4 is 5.32 Å². The molecule has 1 aliphatic heterocycles. The van der Waals surface area contributed by atoms with Gasteiger partial charge in [-0.05, 0) is 44.0 Å². The van der Waals surface area contributed by atoms with Gasteiger partial charge in [-0.3, -0.25) is 14.4 Å². The number of likely N-dealkylation sites (tertiary alicyclic amines) is 1. The van der Waals surface area contributed by atoms with Crippen molar-refractivity contribution in [2.24, 2.45) is 5.92 Å². The molecular formula is C16H19ClN2O4. The van der Waals surface area contributed by atoms with Crippen LogP contribution in [0.5, 0.6) is 0 Å². The summed E-state index contributed by atoms with van der Waals surface area (Å²) in [6.45, 7) is 2.42. The van der Waals surface area contributed by atoms with Crippen molar-refractivity contribution in [1.82, 2.24) is 10.2 Å². The van der Waals surface area contributed by atoms with Crippen LogP contribution in [0.15, 0.2) is 24.3 Å². The van der Waals surface area contributed by atoms with Crippen molar-refractivity contribution in [1.29, 1.82) is 0 Å². The average Bonchev–Trinajstić information content (AvgIpc) is 2.54. The van der Waals surface area contributed by atoms with Crippen molar-refractivity contribution in [3.05, 3.63) is 34.9 Å². The summed E-state index contributed by atoms with van der Waals surface area (Å²) in [4.78, 5) is 37.0. The minimum absolute atomic E-state index is 0.198. The van der Waals surface area contributed by atoms with Gasteiger partial charge >= 0.3 is 5.97 Å². The Kier molecular flexibility index (Phi) is 5.60.